The Morgan fingerprint density at radius 3 is 2.75 bits per heavy atom. The number of carbonyl (C=O) groups excluding carboxylic acids is 1. The van der Waals surface area contributed by atoms with Crippen molar-refractivity contribution in [3.05, 3.63) is 0 Å². The lowest BCUT2D eigenvalue weighted by Crippen LogP contribution is -2.39. The predicted octanol–water partition coefficient (Wildman–Crippen LogP) is 1.67. The fourth-order valence-corrected chi connectivity index (χ4v) is 3.34. The van der Waals surface area contributed by atoms with E-state index in [0.717, 1.165) is 18.3 Å². The van der Waals surface area contributed by atoms with Gasteiger partial charge >= 0.3 is 0 Å². The lowest BCUT2D eigenvalue weighted by atomic mass is 9.94. The topological polar surface area (TPSA) is 55.1 Å². The Bertz CT molecular complexity index is 250. The van der Waals surface area contributed by atoms with Gasteiger partial charge in [-0.05, 0) is 43.6 Å². The van der Waals surface area contributed by atoms with Crippen molar-refractivity contribution in [1.82, 2.24) is 5.32 Å². The van der Waals surface area contributed by atoms with Gasteiger partial charge in [-0.3, -0.25) is 4.79 Å². The molecule has 3 nitrogen and oxygen atoms in total. The van der Waals surface area contributed by atoms with Gasteiger partial charge < -0.3 is 11.1 Å². The maximum atomic E-state index is 11.8. The van der Waals surface area contributed by atoms with Crippen molar-refractivity contribution in [2.75, 3.05) is 6.54 Å². The van der Waals surface area contributed by atoms with Crippen molar-refractivity contribution in [2.45, 2.75) is 51.5 Å². The van der Waals surface area contributed by atoms with Gasteiger partial charge in [-0.25, -0.2) is 0 Å². The molecular formula is C13H24N2O. The summed E-state index contributed by atoms with van der Waals surface area (Å²) in [6.45, 7) is 2.73. The average molecular weight is 224 g/mol. The number of rotatable bonds is 5. The van der Waals surface area contributed by atoms with Crippen LogP contribution in [0.5, 0.6) is 0 Å². The summed E-state index contributed by atoms with van der Waals surface area (Å²) in [6.07, 6.45) is 6.89. The molecule has 2 aliphatic carbocycles. The lowest BCUT2D eigenvalue weighted by Gasteiger charge is -2.23. The first-order valence-electron chi connectivity index (χ1n) is 6.72. The number of amides is 1. The van der Waals surface area contributed by atoms with Crippen LogP contribution in [0, 0.1) is 17.8 Å². The minimum Gasteiger partial charge on any atom is -0.353 e. The number of carbonyl (C=O) groups is 1. The average Bonchev–Trinajstić information content (AvgIpc) is 2.87. The van der Waals surface area contributed by atoms with E-state index in [1.165, 1.54) is 25.7 Å². The van der Waals surface area contributed by atoms with Gasteiger partial charge in [0.25, 0.3) is 0 Å². The highest BCUT2D eigenvalue weighted by molar-refractivity contribution is 5.76. The van der Waals surface area contributed by atoms with E-state index >= 15 is 0 Å². The summed E-state index contributed by atoms with van der Waals surface area (Å²) in [6, 6.07) is 0.474. The molecule has 0 radical (unpaired) electrons. The third kappa shape index (κ3) is 2.57. The van der Waals surface area contributed by atoms with Crippen molar-refractivity contribution in [1.29, 1.82) is 0 Å². The van der Waals surface area contributed by atoms with Crippen LogP contribution >= 0.6 is 0 Å². The fourth-order valence-electron chi connectivity index (χ4n) is 3.34. The molecule has 2 bridgehead atoms. The second-order valence-corrected chi connectivity index (χ2v) is 5.56. The molecule has 0 aromatic carbocycles. The summed E-state index contributed by atoms with van der Waals surface area (Å²) in [4.78, 5) is 11.8. The first-order valence-corrected chi connectivity index (χ1v) is 6.72. The first kappa shape index (κ1) is 11.9. The molecule has 0 heterocycles. The van der Waals surface area contributed by atoms with Gasteiger partial charge in [0, 0.05) is 12.5 Å². The lowest BCUT2D eigenvalue weighted by molar-refractivity contribution is -0.123. The molecule has 0 aliphatic heterocycles. The molecule has 4 unspecified atom stereocenters. The molecule has 2 aliphatic rings. The summed E-state index contributed by atoms with van der Waals surface area (Å²) >= 11 is 0. The fraction of sp³-hybridized carbons (Fsp3) is 0.923. The third-order valence-electron chi connectivity index (χ3n) is 4.47. The van der Waals surface area contributed by atoms with E-state index in [1.807, 2.05) is 0 Å². The quantitative estimate of drug-likeness (QED) is 0.746. The molecule has 92 valence electrons. The van der Waals surface area contributed by atoms with E-state index < -0.39 is 0 Å². The van der Waals surface area contributed by atoms with Crippen molar-refractivity contribution >= 4 is 5.91 Å². The molecule has 2 rings (SSSR count). The molecular weight excluding hydrogens is 200 g/mol. The van der Waals surface area contributed by atoms with Gasteiger partial charge in [-0.15, -0.1) is 0 Å². The normalized spacial score (nSPS) is 34.0. The predicted molar refractivity (Wildman–Crippen MR) is 64.8 cm³/mol. The molecule has 0 aromatic rings. The molecule has 16 heavy (non-hydrogen) atoms. The molecule has 3 heteroatoms. The molecule has 1 amide bonds. The Hall–Kier alpha value is -0.570. The van der Waals surface area contributed by atoms with Gasteiger partial charge in [-0.2, -0.15) is 0 Å². The van der Waals surface area contributed by atoms with Gasteiger partial charge in [0.2, 0.25) is 5.91 Å². The molecule has 2 fully saturated rings. The molecule has 2 saturated carbocycles. The zero-order chi connectivity index (χ0) is 11.5. The van der Waals surface area contributed by atoms with E-state index in [-0.39, 0.29) is 5.91 Å². The SMILES string of the molecule is CCC(CN)CC(=O)NC1CC2CCC1C2. The molecule has 0 saturated heterocycles. The highest BCUT2D eigenvalue weighted by atomic mass is 16.1. The summed E-state index contributed by atoms with van der Waals surface area (Å²) in [5.74, 6) is 2.24. The standard InChI is InChI=1S/C13H24N2O/c1-2-9(8-14)7-13(16)15-12-6-10-3-4-11(12)5-10/h9-12H,2-8,14H2,1H3,(H,15,16). The number of fused-ring (bicyclic) bond motifs is 2. The summed E-state index contributed by atoms with van der Waals surface area (Å²) in [5.41, 5.74) is 5.62. The number of nitrogens with one attached hydrogen (secondary N) is 1. The van der Waals surface area contributed by atoms with Crippen LogP contribution in [0.15, 0.2) is 0 Å². The zero-order valence-corrected chi connectivity index (χ0v) is 10.2. The van der Waals surface area contributed by atoms with Crippen LogP contribution in [-0.2, 0) is 4.79 Å². The van der Waals surface area contributed by atoms with Gasteiger partial charge in [-0.1, -0.05) is 19.8 Å². The number of nitrogens with two attached hydrogens (primary N) is 1. The molecule has 4 atom stereocenters. The minimum atomic E-state index is 0.217. The van der Waals surface area contributed by atoms with Crippen molar-refractivity contribution in [3.8, 4) is 0 Å². The van der Waals surface area contributed by atoms with Crippen LogP contribution in [0.1, 0.15) is 45.4 Å². The Morgan fingerprint density at radius 1 is 1.44 bits per heavy atom. The van der Waals surface area contributed by atoms with Crippen LogP contribution in [0.4, 0.5) is 0 Å². The largest absolute Gasteiger partial charge is 0.353 e. The smallest absolute Gasteiger partial charge is 0.220 e. The van der Waals surface area contributed by atoms with Crippen LogP contribution in [0.2, 0.25) is 0 Å². The highest BCUT2D eigenvalue weighted by Crippen LogP contribution is 2.44. The van der Waals surface area contributed by atoms with Crippen molar-refractivity contribution < 1.29 is 4.79 Å². The Morgan fingerprint density at radius 2 is 2.25 bits per heavy atom. The van der Waals surface area contributed by atoms with E-state index in [4.69, 9.17) is 5.73 Å². The third-order valence-corrected chi connectivity index (χ3v) is 4.47. The minimum absolute atomic E-state index is 0.217. The van der Waals surface area contributed by atoms with Crippen LogP contribution in [0.25, 0.3) is 0 Å². The van der Waals surface area contributed by atoms with Crippen LogP contribution < -0.4 is 11.1 Å². The zero-order valence-electron chi connectivity index (χ0n) is 10.2. The van der Waals surface area contributed by atoms with E-state index in [0.29, 0.717) is 24.9 Å². The monoisotopic (exact) mass is 224 g/mol. The van der Waals surface area contributed by atoms with E-state index in [9.17, 15) is 4.79 Å². The molecule has 3 N–H and O–H groups in total. The van der Waals surface area contributed by atoms with Gasteiger partial charge in [0.15, 0.2) is 0 Å². The highest BCUT2D eigenvalue weighted by Gasteiger charge is 2.40. The van der Waals surface area contributed by atoms with Crippen molar-refractivity contribution in [2.24, 2.45) is 23.5 Å². The van der Waals surface area contributed by atoms with Gasteiger partial charge in [0.05, 0.1) is 0 Å². The second-order valence-electron chi connectivity index (χ2n) is 5.56. The summed E-state index contributed by atoms with van der Waals surface area (Å²) < 4.78 is 0. The molecule has 0 spiro atoms. The number of hydrogen-bond donors (Lipinski definition) is 2. The molecule has 0 aromatic heterocycles. The van der Waals surface area contributed by atoms with Gasteiger partial charge in [0.1, 0.15) is 0 Å². The maximum Gasteiger partial charge on any atom is 0.220 e. The first-order chi connectivity index (χ1) is 7.72. The Balaban J connectivity index is 1.75. The Labute approximate surface area is 98.2 Å². The van der Waals surface area contributed by atoms with Crippen LogP contribution in [0.3, 0.4) is 0 Å². The van der Waals surface area contributed by atoms with E-state index in [1.54, 1.807) is 0 Å². The maximum absolute atomic E-state index is 11.8. The second kappa shape index (κ2) is 5.17. The summed E-state index contributed by atoms with van der Waals surface area (Å²) in [5, 5.41) is 3.21. The summed E-state index contributed by atoms with van der Waals surface area (Å²) in [7, 11) is 0. The van der Waals surface area contributed by atoms with Crippen LogP contribution in [-0.4, -0.2) is 18.5 Å². The van der Waals surface area contributed by atoms with E-state index in [2.05, 4.69) is 12.2 Å². The van der Waals surface area contributed by atoms with Crippen molar-refractivity contribution in [3.63, 3.8) is 0 Å². The number of hydrogen-bond acceptors (Lipinski definition) is 2. The Kier molecular flexibility index (Phi) is 3.85.